The first kappa shape index (κ1) is 14.3. The number of fused-ring (bicyclic) bond motifs is 1. The molecule has 2 aliphatic rings. The predicted octanol–water partition coefficient (Wildman–Crippen LogP) is 2.73. The Kier molecular flexibility index (Phi) is 3.75. The van der Waals surface area contributed by atoms with Crippen molar-refractivity contribution >= 4 is 17.3 Å². The SMILES string of the molecule is Cc1ccc(C2=Cc3ccc(N4CCNCC4)cc3OC2)cn1. The maximum atomic E-state index is 6.01. The summed E-state index contributed by atoms with van der Waals surface area (Å²) in [4.78, 5) is 6.78. The minimum Gasteiger partial charge on any atom is -0.488 e. The Balaban J connectivity index is 1.61. The Labute approximate surface area is 136 Å². The van der Waals surface area contributed by atoms with Gasteiger partial charge in [-0.15, -0.1) is 0 Å². The molecule has 1 fully saturated rings. The number of nitrogens with one attached hydrogen (secondary N) is 1. The fraction of sp³-hybridized carbons (Fsp3) is 0.316. The van der Waals surface area contributed by atoms with Crippen molar-refractivity contribution in [3.63, 3.8) is 0 Å². The summed E-state index contributed by atoms with van der Waals surface area (Å²) in [6, 6.07) is 10.7. The standard InChI is InChI=1S/C19H21N3O/c1-14-2-3-16(12-21-14)17-10-15-4-5-18(11-19(15)23-13-17)22-8-6-20-7-9-22/h2-5,10-12,20H,6-9,13H2,1H3. The van der Waals surface area contributed by atoms with Gasteiger partial charge in [-0.2, -0.15) is 0 Å². The summed E-state index contributed by atoms with van der Waals surface area (Å²) in [6.07, 6.45) is 4.14. The second kappa shape index (κ2) is 6.05. The van der Waals surface area contributed by atoms with Crippen LogP contribution in [0.25, 0.3) is 11.6 Å². The lowest BCUT2D eigenvalue weighted by molar-refractivity contribution is 0.365. The van der Waals surface area contributed by atoms with E-state index in [0.29, 0.717) is 6.61 Å². The molecule has 1 aromatic heterocycles. The van der Waals surface area contributed by atoms with Gasteiger partial charge in [0.2, 0.25) is 0 Å². The second-order valence-corrected chi connectivity index (χ2v) is 6.11. The molecular formula is C19H21N3O. The average Bonchev–Trinajstić information content (AvgIpc) is 2.62. The Morgan fingerprint density at radius 2 is 2.00 bits per heavy atom. The van der Waals surface area contributed by atoms with E-state index in [1.165, 1.54) is 11.3 Å². The topological polar surface area (TPSA) is 37.4 Å². The van der Waals surface area contributed by atoms with Gasteiger partial charge in [0.1, 0.15) is 12.4 Å². The van der Waals surface area contributed by atoms with Crippen LogP contribution in [0, 0.1) is 6.92 Å². The number of ether oxygens (including phenoxy) is 1. The number of benzene rings is 1. The van der Waals surface area contributed by atoms with E-state index in [9.17, 15) is 0 Å². The van der Waals surface area contributed by atoms with Gasteiger partial charge in [-0.05, 0) is 42.3 Å². The van der Waals surface area contributed by atoms with Crippen LogP contribution in [0.1, 0.15) is 16.8 Å². The summed E-state index contributed by atoms with van der Waals surface area (Å²) in [7, 11) is 0. The average molecular weight is 307 g/mol. The molecule has 0 atom stereocenters. The minimum atomic E-state index is 0.600. The highest BCUT2D eigenvalue weighted by atomic mass is 16.5. The van der Waals surface area contributed by atoms with Gasteiger partial charge in [0.05, 0.1) is 0 Å². The van der Waals surface area contributed by atoms with Crippen LogP contribution in [-0.2, 0) is 0 Å². The molecule has 2 aromatic rings. The fourth-order valence-electron chi connectivity index (χ4n) is 3.10. The lowest BCUT2D eigenvalue weighted by atomic mass is 10.0. The van der Waals surface area contributed by atoms with Crippen molar-refractivity contribution in [2.45, 2.75) is 6.92 Å². The van der Waals surface area contributed by atoms with Gasteiger partial charge in [0, 0.05) is 55.4 Å². The Hall–Kier alpha value is -2.33. The molecule has 0 unspecified atom stereocenters. The second-order valence-electron chi connectivity index (χ2n) is 6.11. The molecule has 1 N–H and O–H groups in total. The van der Waals surface area contributed by atoms with Crippen molar-refractivity contribution in [3.05, 3.63) is 53.3 Å². The van der Waals surface area contributed by atoms with Crippen molar-refractivity contribution in [1.82, 2.24) is 10.3 Å². The number of pyridine rings is 1. The van der Waals surface area contributed by atoms with Crippen LogP contribution in [0.2, 0.25) is 0 Å². The molecule has 1 saturated heterocycles. The molecule has 23 heavy (non-hydrogen) atoms. The number of hydrogen-bond donors (Lipinski definition) is 1. The van der Waals surface area contributed by atoms with E-state index in [1.54, 1.807) is 0 Å². The first-order valence-corrected chi connectivity index (χ1v) is 8.16. The monoisotopic (exact) mass is 307 g/mol. The van der Waals surface area contributed by atoms with Crippen LogP contribution < -0.4 is 15.0 Å². The summed E-state index contributed by atoms with van der Waals surface area (Å²) in [5, 5.41) is 3.39. The zero-order valence-corrected chi connectivity index (χ0v) is 13.4. The highest BCUT2D eigenvalue weighted by molar-refractivity contribution is 5.86. The molecule has 0 saturated carbocycles. The van der Waals surface area contributed by atoms with E-state index in [4.69, 9.17) is 4.74 Å². The lowest BCUT2D eigenvalue weighted by Gasteiger charge is -2.30. The van der Waals surface area contributed by atoms with Gasteiger partial charge in [0.15, 0.2) is 0 Å². The number of aryl methyl sites for hydroxylation is 1. The summed E-state index contributed by atoms with van der Waals surface area (Å²) >= 11 is 0. The molecule has 0 amide bonds. The third-order valence-corrected chi connectivity index (χ3v) is 4.47. The molecular weight excluding hydrogens is 286 g/mol. The van der Waals surface area contributed by atoms with Crippen molar-refractivity contribution in [3.8, 4) is 5.75 Å². The number of rotatable bonds is 2. The Morgan fingerprint density at radius 1 is 1.13 bits per heavy atom. The molecule has 4 rings (SSSR count). The largest absolute Gasteiger partial charge is 0.488 e. The van der Waals surface area contributed by atoms with Crippen LogP contribution >= 0.6 is 0 Å². The van der Waals surface area contributed by atoms with E-state index >= 15 is 0 Å². The van der Waals surface area contributed by atoms with Crippen molar-refractivity contribution in [1.29, 1.82) is 0 Å². The smallest absolute Gasteiger partial charge is 0.129 e. The molecule has 4 nitrogen and oxygen atoms in total. The van der Waals surface area contributed by atoms with E-state index in [0.717, 1.165) is 48.7 Å². The molecule has 2 aliphatic heterocycles. The van der Waals surface area contributed by atoms with Crippen LogP contribution in [0.3, 0.4) is 0 Å². The summed E-state index contributed by atoms with van der Waals surface area (Å²) in [5.74, 6) is 0.977. The highest BCUT2D eigenvalue weighted by Gasteiger charge is 2.16. The summed E-state index contributed by atoms with van der Waals surface area (Å²) in [5.41, 5.74) is 5.74. The normalized spacial score (nSPS) is 17.3. The molecule has 0 spiro atoms. The van der Waals surface area contributed by atoms with E-state index in [1.807, 2.05) is 19.2 Å². The highest BCUT2D eigenvalue weighted by Crippen LogP contribution is 2.33. The zero-order valence-electron chi connectivity index (χ0n) is 13.4. The quantitative estimate of drug-likeness (QED) is 0.926. The molecule has 4 heteroatoms. The van der Waals surface area contributed by atoms with Crippen LogP contribution in [0.5, 0.6) is 5.75 Å². The number of hydrogen-bond acceptors (Lipinski definition) is 4. The van der Waals surface area contributed by atoms with Crippen LogP contribution in [0.4, 0.5) is 5.69 Å². The third kappa shape index (κ3) is 2.94. The first-order valence-electron chi connectivity index (χ1n) is 8.16. The minimum absolute atomic E-state index is 0.600. The van der Waals surface area contributed by atoms with Gasteiger partial charge in [-0.25, -0.2) is 0 Å². The van der Waals surface area contributed by atoms with Crippen molar-refractivity contribution in [2.24, 2.45) is 0 Å². The molecule has 118 valence electrons. The maximum absolute atomic E-state index is 6.01. The van der Waals surface area contributed by atoms with Crippen molar-refractivity contribution in [2.75, 3.05) is 37.7 Å². The predicted molar refractivity (Wildman–Crippen MR) is 93.9 cm³/mol. The van der Waals surface area contributed by atoms with Gasteiger partial charge in [-0.3, -0.25) is 4.98 Å². The maximum Gasteiger partial charge on any atom is 0.129 e. The van der Waals surface area contributed by atoms with Crippen LogP contribution in [0.15, 0.2) is 36.5 Å². The number of anilines is 1. The van der Waals surface area contributed by atoms with Gasteiger partial charge in [0.25, 0.3) is 0 Å². The summed E-state index contributed by atoms with van der Waals surface area (Å²) in [6.45, 7) is 6.79. The number of nitrogens with zero attached hydrogens (tertiary/aromatic N) is 2. The van der Waals surface area contributed by atoms with E-state index in [2.05, 4.69) is 45.5 Å². The van der Waals surface area contributed by atoms with Crippen molar-refractivity contribution < 1.29 is 4.74 Å². The molecule has 0 bridgehead atoms. The van der Waals surface area contributed by atoms with Gasteiger partial charge >= 0.3 is 0 Å². The van der Waals surface area contributed by atoms with E-state index in [-0.39, 0.29) is 0 Å². The van der Waals surface area contributed by atoms with Gasteiger partial charge < -0.3 is 15.0 Å². The molecule has 0 radical (unpaired) electrons. The number of aromatic nitrogens is 1. The number of piperazine rings is 1. The first-order chi connectivity index (χ1) is 11.3. The van der Waals surface area contributed by atoms with Gasteiger partial charge in [-0.1, -0.05) is 6.07 Å². The molecule has 1 aromatic carbocycles. The van der Waals surface area contributed by atoms with Crippen LogP contribution in [-0.4, -0.2) is 37.8 Å². The third-order valence-electron chi connectivity index (χ3n) is 4.47. The molecule has 3 heterocycles. The Morgan fingerprint density at radius 3 is 2.78 bits per heavy atom. The fourth-order valence-corrected chi connectivity index (χ4v) is 3.10. The van der Waals surface area contributed by atoms with E-state index < -0.39 is 0 Å². The molecule has 0 aliphatic carbocycles. The Bertz CT molecular complexity index is 731. The lowest BCUT2D eigenvalue weighted by Crippen LogP contribution is -2.43. The zero-order chi connectivity index (χ0) is 15.6. The summed E-state index contributed by atoms with van der Waals surface area (Å²) < 4.78 is 6.01.